The first-order chi connectivity index (χ1) is 14.1. The highest BCUT2D eigenvalue weighted by Gasteiger charge is 2.39. The number of carbonyl (C=O) groups is 3. The lowest BCUT2D eigenvalue weighted by Crippen LogP contribution is -2.52. The van der Waals surface area contributed by atoms with Crippen LogP contribution < -0.4 is 10.6 Å². The molecule has 2 N–H and O–H groups in total. The van der Waals surface area contributed by atoms with Crippen molar-refractivity contribution in [3.63, 3.8) is 0 Å². The van der Waals surface area contributed by atoms with Crippen LogP contribution in [0.1, 0.15) is 67.3 Å². The molecule has 1 aromatic rings. The zero-order valence-electron chi connectivity index (χ0n) is 17.2. The van der Waals surface area contributed by atoms with Gasteiger partial charge < -0.3 is 10.2 Å². The third kappa shape index (κ3) is 5.82. The molecule has 1 atom stereocenters. The lowest BCUT2D eigenvalue weighted by molar-refractivity contribution is -0.136. The Morgan fingerprint density at radius 2 is 1.86 bits per heavy atom. The lowest BCUT2D eigenvalue weighted by Gasteiger charge is -2.29. The average molecular weight is 418 g/mol. The molecule has 1 unspecified atom stereocenters. The van der Waals surface area contributed by atoms with Gasteiger partial charge in [0.2, 0.25) is 11.8 Å². The molecule has 3 amide bonds. The zero-order valence-corrected chi connectivity index (χ0v) is 18.0. The Hall–Kier alpha value is -1.86. The maximum atomic E-state index is 12.7. The summed E-state index contributed by atoms with van der Waals surface area (Å²) in [5.41, 5.74) is 1.66. The van der Waals surface area contributed by atoms with Crippen molar-refractivity contribution < 1.29 is 14.4 Å². The van der Waals surface area contributed by atoms with Crippen LogP contribution in [-0.2, 0) is 16.1 Å². The van der Waals surface area contributed by atoms with Crippen molar-refractivity contribution in [3.8, 4) is 0 Å². The van der Waals surface area contributed by atoms with Gasteiger partial charge in [-0.05, 0) is 62.4 Å². The molecular weight excluding hydrogens is 386 g/mol. The van der Waals surface area contributed by atoms with Gasteiger partial charge in [-0.2, -0.15) is 0 Å². The first-order valence-corrected chi connectivity index (χ1v) is 11.6. The summed E-state index contributed by atoms with van der Waals surface area (Å²) in [6, 6.07) is 5.43. The molecular formula is C22H31N3O3S. The van der Waals surface area contributed by atoms with Gasteiger partial charge >= 0.3 is 0 Å². The van der Waals surface area contributed by atoms with E-state index in [2.05, 4.69) is 16.7 Å². The summed E-state index contributed by atoms with van der Waals surface area (Å²) in [5.74, 6) is 0.361. The summed E-state index contributed by atoms with van der Waals surface area (Å²) in [5, 5.41) is 5.53. The number of hydrogen-bond acceptors (Lipinski definition) is 5. The van der Waals surface area contributed by atoms with E-state index in [1.165, 1.54) is 43.4 Å². The summed E-state index contributed by atoms with van der Waals surface area (Å²) >= 11 is 1.83. The molecule has 158 valence electrons. The molecule has 7 heteroatoms. The highest BCUT2D eigenvalue weighted by Crippen LogP contribution is 2.31. The van der Waals surface area contributed by atoms with Crippen LogP contribution in [-0.4, -0.2) is 48.0 Å². The van der Waals surface area contributed by atoms with Crippen molar-refractivity contribution >= 4 is 29.5 Å². The highest BCUT2D eigenvalue weighted by molar-refractivity contribution is 7.99. The topological polar surface area (TPSA) is 78.5 Å². The van der Waals surface area contributed by atoms with Crippen LogP contribution in [0.15, 0.2) is 23.1 Å². The van der Waals surface area contributed by atoms with Crippen LogP contribution in [0.25, 0.3) is 0 Å². The van der Waals surface area contributed by atoms with Gasteiger partial charge in [0.05, 0.1) is 0 Å². The number of nitrogens with one attached hydrogen (secondary N) is 2. The summed E-state index contributed by atoms with van der Waals surface area (Å²) in [4.78, 5) is 39.0. The van der Waals surface area contributed by atoms with E-state index in [-0.39, 0.29) is 24.1 Å². The first kappa shape index (κ1) is 21.8. The largest absolute Gasteiger partial charge is 0.322 e. The Kier molecular flexibility index (Phi) is 8.12. The van der Waals surface area contributed by atoms with Crippen molar-refractivity contribution in [1.29, 1.82) is 0 Å². The second kappa shape index (κ2) is 10.8. The van der Waals surface area contributed by atoms with Gasteiger partial charge in [0.25, 0.3) is 5.91 Å². The Morgan fingerprint density at radius 3 is 2.62 bits per heavy atom. The number of amides is 3. The summed E-state index contributed by atoms with van der Waals surface area (Å²) in [7, 11) is 2.00. The highest BCUT2D eigenvalue weighted by atomic mass is 32.2. The molecule has 0 aliphatic carbocycles. The number of unbranched alkanes of at least 4 members (excludes halogenated alkanes) is 5. The lowest BCUT2D eigenvalue weighted by atomic mass is 10.0. The fourth-order valence-electron chi connectivity index (χ4n) is 3.94. The monoisotopic (exact) mass is 417 g/mol. The van der Waals surface area contributed by atoms with E-state index in [9.17, 15) is 14.4 Å². The third-order valence-corrected chi connectivity index (χ3v) is 6.66. The maximum absolute atomic E-state index is 12.7. The fraction of sp³-hybridized carbons (Fsp3) is 0.591. The molecule has 3 rings (SSSR count). The number of carbonyl (C=O) groups excluding carboxylic acids is 3. The minimum absolute atomic E-state index is 0.107. The molecule has 6 nitrogen and oxygen atoms in total. The van der Waals surface area contributed by atoms with Crippen LogP contribution in [0.2, 0.25) is 0 Å². The van der Waals surface area contributed by atoms with Gasteiger partial charge in [-0.25, -0.2) is 0 Å². The number of thioether (sulfide) groups is 1. The molecule has 0 radical (unpaired) electrons. The zero-order chi connectivity index (χ0) is 20.6. The van der Waals surface area contributed by atoms with Crippen molar-refractivity contribution in [3.05, 3.63) is 29.3 Å². The number of fused-ring (bicyclic) bond motifs is 1. The Balaban J connectivity index is 1.44. The number of imide groups is 1. The second-order valence-corrected chi connectivity index (χ2v) is 8.96. The van der Waals surface area contributed by atoms with Gasteiger partial charge in [-0.3, -0.25) is 19.7 Å². The predicted molar refractivity (Wildman–Crippen MR) is 115 cm³/mol. The molecule has 1 aromatic carbocycles. The van der Waals surface area contributed by atoms with Crippen molar-refractivity contribution in [1.82, 2.24) is 15.5 Å². The van der Waals surface area contributed by atoms with E-state index in [1.54, 1.807) is 4.90 Å². The Labute approximate surface area is 177 Å². The number of nitrogens with zero attached hydrogens (tertiary/aromatic N) is 1. The van der Waals surface area contributed by atoms with Crippen molar-refractivity contribution in [2.24, 2.45) is 0 Å². The standard InChI is InChI=1S/C22H31N3O3S/c1-23-12-6-4-2-3-5-7-13-29-17-8-9-18-16(14-17)15-25(22(18)28)19-10-11-20(26)24-21(19)27/h8-9,14,19,23H,2-7,10-13,15H2,1H3,(H,24,26,27). The van der Waals surface area contributed by atoms with Crippen LogP contribution in [0.3, 0.4) is 0 Å². The number of hydrogen-bond donors (Lipinski definition) is 2. The number of rotatable bonds is 11. The normalized spacial score (nSPS) is 18.9. The SMILES string of the molecule is CNCCCCCCCCSc1ccc2c(c1)CN(C1CCC(=O)NC1=O)C2=O. The molecule has 0 aromatic heterocycles. The molecule has 1 saturated heterocycles. The van der Waals surface area contributed by atoms with Crippen molar-refractivity contribution in [2.45, 2.75) is 68.8 Å². The van der Waals surface area contributed by atoms with E-state index in [0.29, 0.717) is 18.5 Å². The third-order valence-electron chi connectivity index (χ3n) is 5.58. The average Bonchev–Trinajstić information content (AvgIpc) is 3.02. The summed E-state index contributed by atoms with van der Waals surface area (Å²) in [6.45, 7) is 1.55. The fourth-order valence-corrected chi connectivity index (χ4v) is 4.92. The minimum atomic E-state index is -0.545. The molecule has 0 saturated carbocycles. The predicted octanol–water partition coefficient (Wildman–Crippen LogP) is 3.10. The van der Waals surface area contributed by atoms with Gasteiger partial charge in [0, 0.05) is 23.4 Å². The number of piperidine rings is 1. The van der Waals surface area contributed by atoms with E-state index in [1.807, 2.05) is 30.9 Å². The maximum Gasteiger partial charge on any atom is 0.255 e. The quantitative estimate of drug-likeness (QED) is 0.329. The molecule has 29 heavy (non-hydrogen) atoms. The van der Waals surface area contributed by atoms with Crippen LogP contribution in [0.5, 0.6) is 0 Å². The van der Waals surface area contributed by atoms with Gasteiger partial charge in [-0.1, -0.05) is 25.7 Å². The Morgan fingerprint density at radius 1 is 1.10 bits per heavy atom. The van der Waals surface area contributed by atoms with Crippen molar-refractivity contribution in [2.75, 3.05) is 19.3 Å². The second-order valence-electron chi connectivity index (χ2n) is 7.79. The van der Waals surface area contributed by atoms with Crippen LogP contribution in [0.4, 0.5) is 0 Å². The minimum Gasteiger partial charge on any atom is -0.322 e. The van der Waals surface area contributed by atoms with Crippen LogP contribution >= 0.6 is 11.8 Å². The van der Waals surface area contributed by atoms with E-state index in [0.717, 1.165) is 17.9 Å². The van der Waals surface area contributed by atoms with E-state index < -0.39 is 6.04 Å². The Bertz CT molecular complexity index is 753. The molecule has 1 fully saturated rings. The molecule has 2 aliphatic heterocycles. The smallest absolute Gasteiger partial charge is 0.255 e. The van der Waals surface area contributed by atoms with Gasteiger partial charge in [0.15, 0.2) is 0 Å². The van der Waals surface area contributed by atoms with Gasteiger partial charge in [-0.15, -0.1) is 11.8 Å². The summed E-state index contributed by atoms with van der Waals surface area (Å²) in [6.07, 6.45) is 8.32. The molecule has 2 heterocycles. The van der Waals surface area contributed by atoms with E-state index >= 15 is 0 Å². The molecule has 0 spiro atoms. The van der Waals surface area contributed by atoms with Crippen LogP contribution in [0, 0.1) is 0 Å². The van der Waals surface area contributed by atoms with E-state index in [4.69, 9.17) is 0 Å². The molecule has 2 aliphatic rings. The number of benzene rings is 1. The molecule has 0 bridgehead atoms. The van der Waals surface area contributed by atoms with Gasteiger partial charge in [0.1, 0.15) is 6.04 Å². The first-order valence-electron chi connectivity index (χ1n) is 10.6. The summed E-state index contributed by atoms with van der Waals surface area (Å²) < 4.78 is 0.